The van der Waals surface area contributed by atoms with E-state index in [1.54, 1.807) is 0 Å². The van der Waals surface area contributed by atoms with Crippen molar-refractivity contribution >= 4 is 29.3 Å². The van der Waals surface area contributed by atoms with Gasteiger partial charge < -0.3 is 15.4 Å². The molecule has 0 aliphatic carbocycles. The summed E-state index contributed by atoms with van der Waals surface area (Å²) in [6.45, 7) is 7.94. The van der Waals surface area contributed by atoms with Crippen molar-refractivity contribution in [2.75, 3.05) is 49.7 Å². The Morgan fingerprint density at radius 1 is 1.11 bits per heavy atom. The zero-order valence-electron chi connectivity index (χ0n) is 16.2. The number of amides is 2. The molecule has 3 rings (SSSR count). The second-order valence-electron chi connectivity index (χ2n) is 7.37. The lowest BCUT2D eigenvalue weighted by Crippen LogP contribution is -2.61. The van der Waals surface area contributed by atoms with Gasteiger partial charge in [-0.25, -0.2) is 0 Å². The first-order valence-corrected chi connectivity index (χ1v) is 10.7. The Bertz CT molecular complexity index is 683. The van der Waals surface area contributed by atoms with Gasteiger partial charge in [0.15, 0.2) is 0 Å². The molecule has 2 aliphatic rings. The summed E-state index contributed by atoms with van der Waals surface area (Å²) in [6.07, 6.45) is 1.77. The van der Waals surface area contributed by atoms with Crippen LogP contribution in [-0.2, 0) is 14.3 Å². The van der Waals surface area contributed by atoms with Crippen LogP contribution in [0.1, 0.15) is 24.0 Å². The summed E-state index contributed by atoms with van der Waals surface area (Å²) in [5.74, 6) is 1.04. The van der Waals surface area contributed by atoms with E-state index >= 15 is 0 Å². The summed E-state index contributed by atoms with van der Waals surface area (Å²) < 4.78 is 5.55. The molecule has 1 aromatic carbocycles. The van der Waals surface area contributed by atoms with Crippen LogP contribution in [0, 0.1) is 13.8 Å². The molecule has 0 radical (unpaired) electrons. The van der Waals surface area contributed by atoms with Gasteiger partial charge >= 0.3 is 11.8 Å². The largest absolute Gasteiger partial charge is 0.381 e. The van der Waals surface area contributed by atoms with Crippen molar-refractivity contribution in [1.29, 1.82) is 0 Å². The number of aryl methyl sites for hydroxylation is 2. The molecule has 2 heterocycles. The maximum atomic E-state index is 12.4. The van der Waals surface area contributed by atoms with Gasteiger partial charge in [-0.3, -0.25) is 14.5 Å². The molecule has 0 spiro atoms. The molecule has 0 saturated carbocycles. The quantitative estimate of drug-likeness (QED) is 0.768. The maximum absolute atomic E-state index is 12.4. The molecule has 2 aliphatic heterocycles. The summed E-state index contributed by atoms with van der Waals surface area (Å²) >= 11 is 1.97. The molecule has 6 nitrogen and oxygen atoms in total. The van der Waals surface area contributed by atoms with Crippen molar-refractivity contribution < 1.29 is 14.3 Å². The van der Waals surface area contributed by atoms with Crippen molar-refractivity contribution in [3.63, 3.8) is 0 Å². The van der Waals surface area contributed by atoms with E-state index in [0.29, 0.717) is 25.4 Å². The zero-order valence-corrected chi connectivity index (χ0v) is 17.0. The summed E-state index contributed by atoms with van der Waals surface area (Å²) in [5.41, 5.74) is 2.78. The number of nitrogens with zero attached hydrogens (tertiary/aromatic N) is 1. The summed E-state index contributed by atoms with van der Waals surface area (Å²) in [6, 6.07) is 5.64. The van der Waals surface area contributed by atoms with Crippen LogP contribution >= 0.6 is 11.8 Å². The molecule has 2 N–H and O–H groups in total. The van der Waals surface area contributed by atoms with Gasteiger partial charge in [0.25, 0.3) is 0 Å². The number of carbonyl (C=O) groups is 2. The van der Waals surface area contributed by atoms with Gasteiger partial charge in [0.05, 0.1) is 0 Å². The van der Waals surface area contributed by atoms with Crippen molar-refractivity contribution in [3.05, 3.63) is 29.3 Å². The summed E-state index contributed by atoms with van der Waals surface area (Å²) in [7, 11) is 0. The monoisotopic (exact) mass is 391 g/mol. The molecule has 1 aromatic rings. The lowest BCUT2D eigenvalue weighted by Gasteiger charge is -2.47. The normalized spacial score (nSPS) is 20.1. The number of nitrogens with one attached hydrogen (secondary N) is 2. The Labute approximate surface area is 165 Å². The number of hydrogen-bond acceptors (Lipinski definition) is 5. The molecule has 2 fully saturated rings. The van der Waals surface area contributed by atoms with Crippen molar-refractivity contribution in [2.24, 2.45) is 0 Å². The molecule has 0 aromatic heterocycles. The summed E-state index contributed by atoms with van der Waals surface area (Å²) in [5, 5.41) is 5.58. The fraction of sp³-hybridized carbons (Fsp3) is 0.600. The minimum atomic E-state index is -0.616. The Hall–Kier alpha value is -1.57. The third kappa shape index (κ3) is 5.03. The Morgan fingerprint density at radius 3 is 2.48 bits per heavy atom. The predicted octanol–water partition coefficient (Wildman–Crippen LogP) is 1.96. The Balaban J connectivity index is 1.59. The third-order valence-electron chi connectivity index (χ3n) is 5.65. The van der Waals surface area contributed by atoms with E-state index in [1.807, 2.05) is 43.8 Å². The SMILES string of the molecule is Cc1ccc(NC(=O)C(=O)NCC2(N3CCSCC3)CCOCC2)cc1C. The minimum absolute atomic E-state index is 0.102. The lowest BCUT2D eigenvalue weighted by molar-refractivity contribution is -0.136. The molecule has 7 heteroatoms. The molecule has 0 atom stereocenters. The van der Waals surface area contributed by atoms with E-state index in [0.717, 1.165) is 48.6 Å². The Morgan fingerprint density at radius 2 is 1.81 bits per heavy atom. The van der Waals surface area contributed by atoms with Crippen LogP contribution in [0.3, 0.4) is 0 Å². The van der Waals surface area contributed by atoms with Gasteiger partial charge in [-0.05, 0) is 49.9 Å². The van der Waals surface area contributed by atoms with E-state index in [1.165, 1.54) is 0 Å². The van der Waals surface area contributed by atoms with Crippen LogP contribution in [0.25, 0.3) is 0 Å². The fourth-order valence-electron chi connectivity index (χ4n) is 3.73. The zero-order chi connectivity index (χ0) is 19.3. The highest BCUT2D eigenvalue weighted by molar-refractivity contribution is 7.99. The van der Waals surface area contributed by atoms with Crippen LogP contribution in [0.2, 0.25) is 0 Å². The average Bonchev–Trinajstić information content (AvgIpc) is 2.70. The van der Waals surface area contributed by atoms with E-state index < -0.39 is 11.8 Å². The molecule has 27 heavy (non-hydrogen) atoms. The number of benzene rings is 1. The number of anilines is 1. The molecule has 0 bridgehead atoms. The van der Waals surface area contributed by atoms with Gasteiger partial charge in [0.1, 0.15) is 0 Å². The second-order valence-corrected chi connectivity index (χ2v) is 8.60. The number of hydrogen-bond donors (Lipinski definition) is 2. The first-order chi connectivity index (χ1) is 13.0. The number of carbonyl (C=O) groups excluding carboxylic acids is 2. The summed E-state index contributed by atoms with van der Waals surface area (Å²) in [4.78, 5) is 27.2. The predicted molar refractivity (Wildman–Crippen MR) is 109 cm³/mol. The third-order valence-corrected chi connectivity index (χ3v) is 6.60. The van der Waals surface area contributed by atoms with Crippen molar-refractivity contribution in [3.8, 4) is 0 Å². The lowest BCUT2D eigenvalue weighted by atomic mass is 9.87. The van der Waals surface area contributed by atoms with E-state index in [2.05, 4.69) is 15.5 Å². The number of rotatable bonds is 4. The van der Waals surface area contributed by atoms with Crippen LogP contribution < -0.4 is 10.6 Å². The van der Waals surface area contributed by atoms with E-state index in [4.69, 9.17) is 4.74 Å². The second kappa shape index (κ2) is 9.08. The molecular formula is C20H29N3O3S. The standard InChI is InChI=1S/C20H29N3O3S/c1-15-3-4-17(13-16(15)2)22-19(25)18(24)21-14-20(5-9-26-10-6-20)23-7-11-27-12-8-23/h3-4,13H,5-12,14H2,1-2H3,(H,21,24)(H,22,25). The smallest absolute Gasteiger partial charge is 0.313 e. The van der Waals surface area contributed by atoms with Crippen molar-refractivity contribution in [1.82, 2.24) is 10.2 Å². The van der Waals surface area contributed by atoms with Crippen LogP contribution in [0.4, 0.5) is 5.69 Å². The molecular weight excluding hydrogens is 362 g/mol. The maximum Gasteiger partial charge on any atom is 0.313 e. The minimum Gasteiger partial charge on any atom is -0.381 e. The topological polar surface area (TPSA) is 70.7 Å². The highest BCUT2D eigenvalue weighted by Gasteiger charge is 2.39. The average molecular weight is 392 g/mol. The van der Waals surface area contributed by atoms with E-state index in [9.17, 15) is 9.59 Å². The van der Waals surface area contributed by atoms with Crippen LogP contribution in [0.5, 0.6) is 0 Å². The number of thioether (sulfide) groups is 1. The van der Waals surface area contributed by atoms with Crippen LogP contribution in [0.15, 0.2) is 18.2 Å². The first-order valence-electron chi connectivity index (χ1n) is 9.57. The fourth-order valence-corrected chi connectivity index (χ4v) is 4.63. The van der Waals surface area contributed by atoms with Gasteiger partial charge in [0.2, 0.25) is 0 Å². The van der Waals surface area contributed by atoms with E-state index in [-0.39, 0.29) is 5.54 Å². The highest BCUT2D eigenvalue weighted by atomic mass is 32.2. The van der Waals surface area contributed by atoms with Gasteiger partial charge in [-0.2, -0.15) is 11.8 Å². The van der Waals surface area contributed by atoms with Crippen molar-refractivity contribution in [2.45, 2.75) is 32.2 Å². The molecule has 2 saturated heterocycles. The van der Waals surface area contributed by atoms with Gasteiger partial charge in [-0.15, -0.1) is 0 Å². The molecule has 148 valence electrons. The molecule has 2 amide bonds. The number of ether oxygens (including phenoxy) is 1. The van der Waals surface area contributed by atoms with Crippen LogP contribution in [-0.4, -0.2) is 66.6 Å². The van der Waals surface area contributed by atoms with Gasteiger partial charge in [-0.1, -0.05) is 6.07 Å². The highest BCUT2D eigenvalue weighted by Crippen LogP contribution is 2.30. The van der Waals surface area contributed by atoms with Gasteiger partial charge in [0, 0.05) is 55.6 Å². The Kier molecular flexibility index (Phi) is 6.78. The first kappa shape index (κ1) is 20.2. The molecule has 0 unspecified atom stereocenters.